The Morgan fingerprint density at radius 2 is 1.47 bits per heavy atom. The van der Waals surface area contributed by atoms with Crippen molar-refractivity contribution in [2.45, 2.75) is 76.2 Å². The number of rotatable bonds is 6. The molecule has 0 aliphatic carbocycles. The predicted molar refractivity (Wildman–Crippen MR) is 133 cm³/mol. The van der Waals surface area contributed by atoms with Crippen LogP contribution in [0.3, 0.4) is 0 Å². The topological polar surface area (TPSA) is 59.2 Å². The quantitative estimate of drug-likeness (QED) is 0.356. The molecule has 7 heteroatoms. The Labute approximate surface area is 204 Å². The third-order valence-corrected chi connectivity index (χ3v) is 6.84. The Morgan fingerprint density at radius 3 is 2.03 bits per heavy atom. The lowest BCUT2D eigenvalue weighted by atomic mass is 9.78. The average molecular weight is 494 g/mol. The molecule has 3 rings (SSSR count). The fraction of sp³-hybridized carbons (Fsp3) is 0.440. The number of nitrogens with zero attached hydrogens (tertiary/aromatic N) is 2. The van der Waals surface area contributed by atoms with Gasteiger partial charge in [0, 0.05) is 12.2 Å². The van der Waals surface area contributed by atoms with Crippen molar-refractivity contribution in [3.05, 3.63) is 68.5 Å². The maximum Gasteiger partial charge on any atom is 0.276 e. The molecular weight excluding hydrogens is 463 g/mol. The van der Waals surface area contributed by atoms with Crippen LogP contribution in [0, 0.1) is 0 Å². The van der Waals surface area contributed by atoms with Gasteiger partial charge in [-0.15, -0.1) is 10.2 Å². The van der Waals surface area contributed by atoms with Crippen LogP contribution in [0.2, 0.25) is 10.0 Å². The van der Waals surface area contributed by atoms with Gasteiger partial charge in [-0.05, 0) is 51.6 Å². The lowest BCUT2D eigenvalue weighted by molar-refractivity contribution is 0.412. The van der Waals surface area contributed by atoms with Crippen molar-refractivity contribution in [3.8, 4) is 5.75 Å². The SMILES string of the molecule is CC(C)(C)c1cc(CCc2nnc(SCc3ccc(Cl)c(Cl)c3)o2)cc(C(C)(C)C)c1O. The largest absolute Gasteiger partial charge is 0.507 e. The summed E-state index contributed by atoms with van der Waals surface area (Å²) >= 11 is 13.5. The molecular formula is C25H30Cl2N2O2S. The molecule has 0 aliphatic rings. The first-order chi connectivity index (χ1) is 14.8. The second kappa shape index (κ2) is 9.66. The van der Waals surface area contributed by atoms with E-state index in [2.05, 4.69) is 63.9 Å². The molecule has 32 heavy (non-hydrogen) atoms. The monoisotopic (exact) mass is 492 g/mol. The van der Waals surface area contributed by atoms with E-state index in [4.69, 9.17) is 27.6 Å². The van der Waals surface area contributed by atoms with Gasteiger partial charge < -0.3 is 9.52 Å². The molecule has 0 saturated carbocycles. The number of aromatic nitrogens is 2. The van der Waals surface area contributed by atoms with Crippen LogP contribution in [-0.4, -0.2) is 15.3 Å². The number of aromatic hydroxyl groups is 1. The van der Waals surface area contributed by atoms with E-state index in [1.54, 1.807) is 6.07 Å². The van der Waals surface area contributed by atoms with Crippen LogP contribution in [0.5, 0.6) is 5.75 Å². The molecule has 4 nitrogen and oxygen atoms in total. The van der Waals surface area contributed by atoms with Crippen LogP contribution >= 0.6 is 35.0 Å². The minimum Gasteiger partial charge on any atom is -0.507 e. The Hall–Kier alpha value is -1.69. The summed E-state index contributed by atoms with van der Waals surface area (Å²) < 4.78 is 5.83. The van der Waals surface area contributed by atoms with Crippen LogP contribution < -0.4 is 0 Å². The first kappa shape index (κ1) is 24.9. The number of thioether (sulfide) groups is 1. The zero-order chi connectivity index (χ0) is 23.7. The first-order valence-electron chi connectivity index (χ1n) is 10.6. The molecule has 0 amide bonds. The van der Waals surface area contributed by atoms with Gasteiger partial charge in [0.2, 0.25) is 5.89 Å². The van der Waals surface area contributed by atoms with Crippen molar-refractivity contribution in [2.24, 2.45) is 0 Å². The maximum atomic E-state index is 10.9. The van der Waals surface area contributed by atoms with Crippen molar-refractivity contribution in [3.63, 3.8) is 0 Å². The minimum atomic E-state index is -0.154. The third-order valence-electron chi connectivity index (χ3n) is 5.21. The maximum absolute atomic E-state index is 10.9. The molecule has 0 saturated heterocycles. The highest BCUT2D eigenvalue weighted by atomic mass is 35.5. The van der Waals surface area contributed by atoms with Gasteiger partial charge in [0.25, 0.3) is 5.22 Å². The third kappa shape index (κ3) is 6.21. The van der Waals surface area contributed by atoms with Crippen LogP contribution in [0.4, 0.5) is 0 Å². The van der Waals surface area contributed by atoms with E-state index in [9.17, 15) is 5.11 Å². The highest BCUT2D eigenvalue weighted by Crippen LogP contribution is 2.40. The molecule has 1 N–H and O–H groups in total. The molecule has 0 bridgehead atoms. The Balaban J connectivity index is 1.70. The Kier molecular flexibility index (Phi) is 7.53. The van der Waals surface area contributed by atoms with Crippen LogP contribution in [0.25, 0.3) is 0 Å². The summed E-state index contributed by atoms with van der Waals surface area (Å²) in [4.78, 5) is 0. The van der Waals surface area contributed by atoms with E-state index < -0.39 is 0 Å². The second-order valence-corrected chi connectivity index (χ2v) is 11.8. The van der Waals surface area contributed by atoms with Gasteiger partial charge in [-0.25, -0.2) is 0 Å². The van der Waals surface area contributed by atoms with Gasteiger partial charge in [-0.1, -0.05) is 94.7 Å². The number of halogens is 2. The molecule has 1 heterocycles. The summed E-state index contributed by atoms with van der Waals surface area (Å²) in [5, 5.41) is 20.9. The zero-order valence-electron chi connectivity index (χ0n) is 19.4. The summed E-state index contributed by atoms with van der Waals surface area (Å²) in [5.74, 6) is 1.66. The van der Waals surface area contributed by atoms with Gasteiger partial charge in [-0.3, -0.25) is 0 Å². The van der Waals surface area contributed by atoms with Gasteiger partial charge in [0.1, 0.15) is 5.75 Å². The summed E-state index contributed by atoms with van der Waals surface area (Å²) in [6.45, 7) is 12.7. The summed E-state index contributed by atoms with van der Waals surface area (Å²) in [7, 11) is 0. The van der Waals surface area contributed by atoms with Gasteiger partial charge in [0.05, 0.1) is 10.0 Å². The van der Waals surface area contributed by atoms with Crippen molar-refractivity contribution in [1.82, 2.24) is 10.2 Å². The lowest BCUT2D eigenvalue weighted by Gasteiger charge is -2.28. The number of aryl methyl sites for hydroxylation is 2. The van der Waals surface area contributed by atoms with E-state index in [0.717, 1.165) is 28.7 Å². The van der Waals surface area contributed by atoms with E-state index in [1.165, 1.54) is 11.8 Å². The highest BCUT2D eigenvalue weighted by Gasteiger charge is 2.26. The standard InChI is InChI=1S/C25H30Cl2N2O2S/c1-24(2,3)17-11-15(12-18(22(17)30)25(4,5)6)8-10-21-28-29-23(31-21)32-14-16-7-9-19(26)20(27)13-16/h7,9,11-13,30H,8,10,14H2,1-6H3. The molecule has 1 aromatic heterocycles. The van der Waals surface area contributed by atoms with Gasteiger partial charge in [0.15, 0.2) is 0 Å². The van der Waals surface area contributed by atoms with Gasteiger partial charge >= 0.3 is 0 Å². The Morgan fingerprint density at radius 1 is 0.844 bits per heavy atom. The van der Waals surface area contributed by atoms with Gasteiger partial charge in [-0.2, -0.15) is 0 Å². The molecule has 172 valence electrons. The summed E-state index contributed by atoms with van der Waals surface area (Å²) in [6, 6.07) is 9.76. The average Bonchev–Trinajstić information content (AvgIpc) is 3.14. The molecule has 0 fully saturated rings. The van der Waals surface area contributed by atoms with Crippen molar-refractivity contribution in [1.29, 1.82) is 0 Å². The van der Waals surface area contributed by atoms with E-state index in [0.29, 0.717) is 39.1 Å². The molecule has 0 atom stereocenters. The lowest BCUT2D eigenvalue weighted by Crippen LogP contribution is -2.18. The van der Waals surface area contributed by atoms with Crippen molar-refractivity contribution in [2.75, 3.05) is 0 Å². The smallest absolute Gasteiger partial charge is 0.276 e. The molecule has 2 aromatic carbocycles. The number of phenols is 1. The molecule has 0 radical (unpaired) electrons. The molecule has 0 spiro atoms. The van der Waals surface area contributed by atoms with Crippen LogP contribution in [0.1, 0.15) is 69.7 Å². The highest BCUT2D eigenvalue weighted by molar-refractivity contribution is 7.98. The van der Waals surface area contributed by atoms with E-state index >= 15 is 0 Å². The summed E-state index contributed by atoms with van der Waals surface area (Å²) in [5.41, 5.74) is 3.81. The minimum absolute atomic E-state index is 0.154. The van der Waals surface area contributed by atoms with E-state index in [1.807, 2.05) is 12.1 Å². The van der Waals surface area contributed by atoms with Crippen LogP contribution in [0.15, 0.2) is 40.0 Å². The molecule has 3 aromatic rings. The number of hydrogen-bond donors (Lipinski definition) is 1. The number of benzene rings is 2. The molecule has 0 unspecified atom stereocenters. The second-order valence-electron chi connectivity index (χ2n) is 10.0. The first-order valence-corrected chi connectivity index (χ1v) is 12.3. The fourth-order valence-electron chi connectivity index (χ4n) is 3.41. The number of hydrogen-bond acceptors (Lipinski definition) is 5. The van der Waals surface area contributed by atoms with Crippen molar-refractivity contribution >= 4 is 35.0 Å². The Bertz CT molecular complexity index is 1060. The normalized spacial score (nSPS) is 12.4. The van der Waals surface area contributed by atoms with Crippen molar-refractivity contribution < 1.29 is 9.52 Å². The zero-order valence-corrected chi connectivity index (χ0v) is 21.8. The fourth-order valence-corrected chi connectivity index (χ4v) is 4.45. The van der Waals surface area contributed by atoms with E-state index in [-0.39, 0.29) is 10.8 Å². The number of phenolic OH excluding ortho intramolecular Hbond substituents is 1. The van der Waals surface area contributed by atoms with Crippen LogP contribution in [-0.2, 0) is 29.4 Å². The molecule has 0 aliphatic heterocycles. The summed E-state index contributed by atoms with van der Waals surface area (Å²) in [6.07, 6.45) is 1.39. The predicted octanol–water partition coefficient (Wildman–Crippen LogP) is 7.75.